The molecule has 0 aliphatic heterocycles. The van der Waals surface area contributed by atoms with Crippen molar-refractivity contribution >= 4 is 10.9 Å². The number of nitrogens with zero attached hydrogens (tertiary/aromatic N) is 1. The van der Waals surface area contributed by atoms with E-state index >= 15 is 0 Å². The lowest BCUT2D eigenvalue weighted by atomic mass is 9.87. The molecule has 0 saturated heterocycles. The Morgan fingerprint density at radius 2 is 2.00 bits per heavy atom. The average molecular weight is 286 g/mol. The van der Waals surface area contributed by atoms with Gasteiger partial charge in [-0.2, -0.15) is 0 Å². The second-order valence-corrected chi connectivity index (χ2v) is 6.51. The van der Waals surface area contributed by atoms with Crippen molar-refractivity contribution in [1.82, 2.24) is 10.3 Å². The van der Waals surface area contributed by atoms with E-state index < -0.39 is 0 Å². The van der Waals surface area contributed by atoms with Gasteiger partial charge in [0.1, 0.15) is 12.4 Å². The van der Waals surface area contributed by atoms with Crippen molar-refractivity contribution in [2.45, 2.75) is 40.2 Å². The normalized spacial score (nSPS) is 13.3. The number of hydrogen-bond donors (Lipinski definition) is 1. The number of benzene rings is 1. The molecule has 3 nitrogen and oxygen atoms in total. The van der Waals surface area contributed by atoms with Crippen LogP contribution in [0.1, 0.15) is 34.1 Å². The van der Waals surface area contributed by atoms with E-state index in [1.165, 1.54) is 0 Å². The fourth-order valence-electron chi connectivity index (χ4n) is 2.31. The minimum atomic E-state index is 0.165. The van der Waals surface area contributed by atoms with Gasteiger partial charge in [0.15, 0.2) is 0 Å². The van der Waals surface area contributed by atoms with E-state index in [-0.39, 0.29) is 5.41 Å². The van der Waals surface area contributed by atoms with Crippen LogP contribution in [0.5, 0.6) is 5.75 Å². The van der Waals surface area contributed by atoms with Gasteiger partial charge in [-0.1, -0.05) is 33.8 Å². The molecular weight excluding hydrogens is 260 g/mol. The highest BCUT2D eigenvalue weighted by atomic mass is 16.5. The molecule has 0 saturated carbocycles. The molecule has 1 heterocycles. The van der Waals surface area contributed by atoms with Crippen molar-refractivity contribution < 1.29 is 4.74 Å². The summed E-state index contributed by atoms with van der Waals surface area (Å²) in [5, 5.41) is 4.66. The van der Waals surface area contributed by atoms with Crippen LogP contribution in [0.15, 0.2) is 36.5 Å². The molecular formula is C18H26N2O. The zero-order chi connectivity index (χ0) is 15.3. The van der Waals surface area contributed by atoms with Gasteiger partial charge in [0, 0.05) is 17.6 Å². The van der Waals surface area contributed by atoms with Crippen molar-refractivity contribution in [2.75, 3.05) is 13.2 Å². The first-order valence-electron chi connectivity index (χ1n) is 7.72. The molecule has 1 aromatic heterocycles. The van der Waals surface area contributed by atoms with E-state index in [0.717, 1.165) is 29.6 Å². The van der Waals surface area contributed by atoms with Gasteiger partial charge in [0.05, 0.1) is 5.52 Å². The highest BCUT2D eigenvalue weighted by molar-refractivity contribution is 5.84. The second kappa shape index (κ2) is 6.90. The predicted octanol–water partition coefficient (Wildman–Crippen LogP) is 4.03. The van der Waals surface area contributed by atoms with Gasteiger partial charge in [-0.15, -0.1) is 0 Å². The fourth-order valence-corrected chi connectivity index (χ4v) is 2.31. The third kappa shape index (κ3) is 4.18. The number of rotatable bonds is 6. The molecule has 21 heavy (non-hydrogen) atoms. The molecule has 0 radical (unpaired) electrons. The first-order chi connectivity index (χ1) is 10.0. The summed E-state index contributed by atoms with van der Waals surface area (Å²) < 4.78 is 6.10. The van der Waals surface area contributed by atoms with Gasteiger partial charge in [-0.25, -0.2) is 0 Å². The fraction of sp³-hybridized carbons (Fsp3) is 0.500. The third-order valence-electron chi connectivity index (χ3n) is 3.70. The van der Waals surface area contributed by atoms with Crippen LogP contribution < -0.4 is 10.1 Å². The largest absolute Gasteiger partial charge is 0.491 e. The minimum absolute atomic E-state index is 0.165. The van der Waals surface area contributed by atoms with E-state index in [9.17, 15) is 0 Å². The molecule has 1 aromatic carbocycles. The molecule has 1 N–H and O–H groups in total. The lowest BCUT2D eigenvalue weighted by Gasteiger charge is -2.31. The minimum Gasteiger partial charge on any atom is -0.491 e. The number of aromatic nitrogens is 1. The zero-order valence-electron chi connectivity index (χ0n) is 13.5. The number of fused-ring (bicyclic) bond motifs is 1. The number of pyridine rings is 1. The van der Waals surface area contributed by atoms with Gasteiger partial charge in [-0.05, 0) is 42.6 Å². The molecule has 2 rings (SSSR count). The maximum Gasteiger partial charge on any atom is 0.128 e. The van der Waals surface area contributed by atoms with E-state index in [0.29, 0.717) is 12.6 Å². The standard InChI is InChI=1S/C18H26N2O/c1-5-11-20-17(18(2,3)4)13-21-16-10-6-9-15-14(16)8-7-12-19-15/h6-10,12,17,20H,5,11,13H2,1-4H3. The Balaban J connectivity index is 2.12. The van der Waals surface area contributed by atoms with Crippen LogP contribution in [-0.4, -0.2) is 24.2 Å². The quantitative estimate of drug-likeness (QED) is 0.870. The zero-order valence-corrected chi connectivity index (χ0v) is 13.5. The summed E-state index contributed by atoms with van der Waals surface area (Å²) in [6.07, 6.45) is 2.94. The molecule has 0 fully saturated rings. The van der Waals surface area contributed by atoms with Crippen LogP contribution >= 0.6 is 0 Å². The van der Waals surface area contributed by atoms with Gasteiger partial charge in [-0.3, -0.25) is 4.98 Å². The highest BCUT2D eigenvalue weighted by Crippen LogP contribution is 2.26. The van der Waals surface area contributed by atoms with E-state index in [1.54, 1.807) is 0 Å². The highest BCUT2D eigenvalue weighted by Gasteiger charge is 2.24. The van der Waals surface area contributed by atoms with Crippen molar-refractivity contribution in [3.05, 3.63) is 36.5 Å². The first-order valence-corrected chi connectivity index (χ1v) is 7.72. The number of hydrogen-bond acceptors (Lipinski definition) is 3. The second-order valence-electron chi connectivity index (χ2n) is 6.51. The van der Waals surface area contributed by atoms with Gasteiger partial charge >= 0.3 is 0 Å². The molecule has 0 bridgehead atoms. The van der Waals surface area contributed by atoms with Crippen LogP contribution in [0.2, 0.25) is 0 Å². The Labute approximate surface area is 127 Å². The lowest BCUT2D eigenvalue weighted by Crippen LogP contribution is -2.45. The Hall–Kier alpha value is -1.61. The lowest BCUT2D eigenvalue weighted by molar-refractivity contribution is 0.175. The Kier molecular flexibility index (Phi) is 5.18. The van der Waals surface area contributed by atoms with E-state index in [1.807, 2.05) is 30.5 Å². The monoisotopic (exact) mass is 286 g/mol. The summed E-state index contributed by atoms with van der Waals surface area (Å²) in [6, 6.07) is 10.4. The summed E-state index contributed by atoms with van der Waals surface area (Å²) in [5.41, 5.74) is 1.14. The number of ether oxygens (including phenoxy) is 1. The Morgan fingerprint density at radius 3 is 2.71 bits per heavy atom. The summed E-state index contributed by atoms with van der Waals surface area (Å²) in [4.78, 5) is 4.37. The maximum absolute atomic E-state index is 6.10. The van der Waals surface area contributed by atoms with Crippen LogP contribution in [0.4, 0.5) is 0 Å². The number of nitrogens with one attached hydrogen (secondary N) is 1. The maximum atomic E-state index is 6.10. The smallest absolute Gasteiger partial charge is 0.128 e. The molecule has 2 aromatic rings. The van der Waals surface area contributed by atoms with E-state index in [4.69, 9.17) is 4.74 Å². The molecule has 1 unspecified atom stereocenters. The van der Waals surface area contributed by atoms with Crippen LogP contribution in [0.25, 0.3) is 10.9 Å². The van der Waals surface area contributed by atoms with Gasteiger partial charge < -0.3 is 10.1 Å². The van der Waals surface area contributed by atoms with Gasteiger partial charge in [0.25, 0.3) is 0 Å². The summed E-state index contributed by atoms with van der Waals surface area (Å²) in [5.74, 6) is 0.910. The van der Waals surface area contributed by atoms with Gasteiger partial charge in [0.2, 0.25) is 0 Å². The van der Waals surface area contributed by atoms with Crippen molar-refractivity contribution in [3.8, 4) is 5.75 Å². The molecule has 0 aliphatic carbocycles. The molecule has 0 aliphatic rings. The molecule has 1 atom stereocenters. The summed E-state index contributed by atoms with van der Waals surface area (Å²) >= 11 is 0. The van der Waals surface area contributed by atoms with Crippen molar-refractivity contribution in [3.63, 3.8) is 0 Å². The average Bonchev–Trinajstić information content (AvgIpc) is 2.46. The SMILES string of the molecule is CCCNC(COc1cccc2ncccc12)C(C)(C)C. The molecule has 0 spiro atoms. The Morgan fingerprint density at radius 1 is 1.19 bits per heavy atom. The van der Waals surface area contributed by atoms with Crippen LogP contribution in [-0.2, 0) is 0 Å². The third-order valence-corrected chi connectivity index (χ3v) is 3.70. The molecule has 3 heteroatoms. The van der Waals surface area contributed by atoms with Crippen LogP contribution in [0.3, 0.4) is 0 Å². The van der Waals surface area contributed by atoms with Crippen LogP contribution in [0, 0.1) is 5.41 Å². The predicted molar refractivity (Wildman–Crippen MR) is 88.8 cm³/mol. The molecule has 0 amide bonds. The summed E-state index contributed by atoms with van der Waals surface area (Å²) in [6.45, 7) is 10.6. The molecule has 114 valence electrons. The Bertz CT molecular complexity index is 569. The van der Waals surface area contributed by atoms with E-state index in [2.05, 4.69) is 44.1 Å². The topological polar surface area (TPSA) is 34.1 Å². The summed E-state index contributed by atoms with van der Waals surface area (Å²) in [7, 11) is 0. The van der Waals surface area contributed by atoms with Crippen molar-refractivity contribution in [1.29, 1.82) is 0 Å². The first kappa shape index (κ1) is 15.8. The van der Waals surface area contributed by atoms with Crippen molar-refractivity contribution in [2.24, 2.45) is 5.41 Å².